The minimum absolute atomic E-state index is 0.137. The summed E-state index contributed by atoms with van der Waals surface area (Å²) in [7, 11) is 0. The molecule has 0 aliphatic carbocycles. The third-order valence-corrected chi connectivity index (χ3v) is 8.61. The van der Waals surface area contributed by atoms with Crippen molar-refractivity contribution in [3.63, 3.8) is 0 Å². The molecule has 0 aliphatic rings. The third kappa shape index (κ3) is 2.20. The molecular weight excluding hydrogens is 496 g/mol. The van der Waals surface area contributed by atoms with Crippen molar-refractivity contribution in [2.75, 3.05) is 0 Å². The number of nitrogens with zero attached hydrogens (tertiary/aromatic N) is 4. The minimum atomic E-state index is -0.137. The molecule has 0 spiro atoms. The molecule has 4 aromatic heterocycles. The molecule has 0 fully saturated rings. The Morgan fingerprint density at radius 3 is 1.32 bits per heavy atom. The van der Waals surface area contributed by atoms with Gasteiger partial charge in [0.15, 0.2) is 0 Å². The first-order valence-electron chi connectivity index (χ1n) is 13.2. The van der Waals surface area contributed by atoms with Crippen LogP contribution < -0.4 is 11.1 Å². The fraction of sp³-hybridized carbons (Fsp3) is 0. The molecule has 0 bridgehead atoms. The number of hydrogen-bond donors (Lipinski definition) is 0. The van der Waals surface area contributed by atoms with Crippen LogP contribution in [-0.2, 0) is 0 Å². The standard InChI is InChI=1S/C34H16N4O2/c39-33-23-14-12-22-28-24(34(40)38-26-16-10-18-6-2-4-8-20(18)30(26)36-32(22)38)13-11-21(27(23)28)31-35-29-19-7-3-1-5-17(19)9-15-25(29)37(31)33/h1-16H. The van der Waals surface area contributed by atoms with E-state index in [9.17, 15) is 9.59 Å². The van der Waals surface area contributed by atoms with Crippen LogP contribution in [0.4, 0.5) is 0 Å². The van der Waals surface area contributed by atoms with E-state index in [1.165, 1.54) is 0 Å². The van der Waals surface area contributed by atoms with Crippen molar-refractivity contribution in [3.8, 4) is 0 Å². The van der Waals surface area contributed by atoms with Crippen LogP contribution in [-0.4, -0.2) is 18.8 Å². The lowest BCUT2D eigenvalue weighted by Crippen LogP contribution is -2.16. The summed E-state index contributed by atoms with van der Waals surface area (Å²) in [5, 5.41) is 8.52. The highest BCUT2D eigenvalue weighted by molar-refractivity contribution is 6.28. The van der Waals surface area contributed by atoms with Gasteiger partial charge >= 0.3 is 0 Å². The predicted octanol–water partition coefficient (Wildman–Crippen LogP) is 6.65. The minimum Gasteiger partial charge on any atom is -0.268 e. The molecule has 0 saturated carbocycles. The van der Waals surface area contributed by atoms with Crippen LogP contribution in [0.1, 0.15) is 0 Å². The van der Waals surface area contributed by atoms with E-state index in [2.05, 4.69) is 12.1 Å². The summed E-state index contributed by atoms with van der Waals surface area (Å²) in [6.07, 6.45) is 0. The molecule has 40 heavy (non-hydrogen) atoms. The lowest BCUT2D eigenvalue weighted by molar-refractivity contribution is 1.18. The number of rotatable bonds is 0. The largest absolute Gasteiger partial charge is 0.268 e. The summed E-state index contributed by atoms with van der Waals surface area (Å²) in [6.45, 7) is 0. The highest BCUT2D eigenvalue weighted by Gasteiger charge is 2.23. The van der Waals surface area contributed by atoms with Crippen LogP contribution in [0.15, 0.2) is 107 Å². The van der Waals surface area contributed by atoms with Crippen molar-refractivity contribution >= 4 is 87.2 Å². The summed E-state index contributed by atoms with van der Waals surface area (Å²) in [6, 6.07) is 31.8. The summed E-state index contributed by atoms with van der Waals surface area (Å²) >= 11 is 0. The van der Waals surface area contributed by atoms with E-state index < -0.39 is 0 Å². The van der Waals surface area contributed by atoms with E-state index in [1.54, 1.807) is 8.80 Å². The number of imidazole rings is 2. The Balaban J connectivity index is 1.46. The van der Waals surface area contributed by atoms with Gasteiger partial charge in [-0.3, -0.25) is 18.4 Å². The van der Waals surface area contributed by atoms with E-state index in [1.807, 2.05) is 84.9 Å². The summed E-state index contributed by atoms with van der Waals surface area (Å²) < 4.78 is 3.43. The van der Waals surface area contributed by atoms with E-state index >= 15 is 0 Å². The first kappa shape index (κ1) is 20.4. The van der Waals surface area contributed by atoms with Crippen molar-refractivity contribution in [1.82, 2.24) is 18.8 Å². The van der Waals surface area contributed by atoms with Crippen LogP contribution in [0.2, 0.25) is 0 Å². The van der Waals surface area contributed by atoms with Gasteiger partial charge in [-0.25, -0.2) is 9.97 Å². The van der Waals surface area contributed by atoms with Crippen LogP contribution in [0.3, 0.4) is 0 Å². The van der Waals surface area contributed by atoms with Gasteiger partial charge in [-0.2, -0.15) is 0 Å². The van der Waals surface area contributed by atoms with Gasteiger partial charge in [0.05, 0.1) is 22.1 Å². The number of fused-ring (bicyclic) bond motifs is 12. The molecule has 6 heteroatoms. The Labute approximate surface area is 223 Å². The number of aromatic nitrogens is 4. The lowest BCUT2D eigenvalue weighted by atomic mass is 9.96. The second-order valence-corrected chi connectivity index (χ2v) is 10.5. The Morgan fingerprint density at radius 2 is 0.850 bits per heavy atom. The second kappa shape index (κ2) is 6.68. The van der Waals surface area contributed by atoms with Crippen LogP contribution in [0.5, 0.6) is 0 Å². The first-order chi connectivity index (χ1) is 19.7. The van der Waals surface area contributed by atoms with Gasteiger partial charge in [0.25, 0.3) is 11.1 Å². The highest BCUT2D eigenvalue weighted by Crippen LogP contribution is 2.38. The smallest absolute Gasteiger partial charge is 0.264 e. The molecule has 10 aromatic rings. The third-order valence-electron chi connectivity index (χ3n) is 8.61. The molecule has 0 N–H and O–H groups in total. The van der Waals surface area contributed by atoms with Crippen LogP contribution in [0.25, 0.3) is 87.2 Å². The Bertz CT molecular complexity index is 2670. The van der Waals surface area contributed by atoms with Crippen molar-refractivity contribution in [2.45, 2.75) is 0 Å². The SMILES string of the molecule is O=c1c2ccc3c4c(ccc(c24)c2nc4c5ccccc5ccc4n12)c(=O)n1c2ccc4ccccc4c2nc31. The van der Waals surface area contributed by atoms with E-state index in [-0.39, 0.29) is 11.1 Å². The molecular formula is C34H16N4O2. The Kier molecular flexibility index (Phi) is 3.40. The van der Waals surface area contributed by atoms with Crippen molar-refractivity contribution in [3.05, 3.63) is 118 Å². The molecule has 0 aliphatic heterocycles. The number of hydrogen-bond acceptors (Lipinski definition) is 4. The van der Waals surface area contributed by atoms with Gasteiger partial charge in [0.2, 0.25) is 0 Å². The van der Waals surface area contributed by atoms with Gasteiger partial charge in [-0.15, -0.1) is 0 Å². The van der Waals surface area contributed by atoms with E-state index in [4.69, 9.17) is 9.97 Å². The van der Waals surface area contributed by atoms with Crippen LogP contribution >= 0.6 is 0 Å². The number of pyridine rings is 2. The second-order valence-electron chi connectivity index (χ2n) is 10.5. The molecule has 6 nitrogen and oxygen atoms in total. The molecule has 184 valence electrons. The summed E-state index contributed by atoms with van der Waals surface area (Å²) in [5.74, 6) is 0. The van der Waals surface area contributed by atoms with E-state index in [0.717, 1.165) is 65.2 Å². The predicted molar refractivity (Wildman–Crippen MR) is 161 cm³/mol. The Hall–Kier alpha value is -5.62. The fourth-order valence-corrected chi connectivity index (χ4v) is 6.86. The highest BCUT2D eigenvalue weighted by atomic mass is 16.1. The average molecular weight is 513 g/mol. The van der Waals surface area contributed by atoms with E-state index in [0.29, 0.717) is 22.1 Å². The molecule has 10 rings (SSSR count). The van der Waals surface area contributed by atoms with Gasteiger partial charge in [0, 0.05) is 43.1 Å². The molecule has 0 atom stereocenters. The molecule has 0 radical (unpaired) electrons. The maximum Gasteiger partial charge on any atom is 0.264 e. The summed E-state index contributed by atoms with van der Waals surface area (Å²) in [5.41, 5.74) is 4.08. The average Bonchev–Trinajstić information content (AvgIpc) is 3.59. The Morgan fingerprint density at radius 1 is 0.425 bits per heavy atom. The van der Waals surface area contributed by atoms with Crippen molar-refractivity contribution in [2.24, 2.45) is 0 Å². The topological polar surface area (TPSA) is 68.7 Å². The zero-order valence-corrected chi connectivity index (χ0v) is 20.8. The van der Waals surface area contributed by atoms with Crippen molar-refractivity contribution < 1.29 is 0 Å². The fourth-order valence-electron chi connectivity index (χ4n) is 6.86. The van der Waals surface area contributed by atoms with Crippen molar-refractivity contribution in [1.29, 1.82) is 0 Å². The molecule has 6 aromatic carbocycles. The maximum absolute atomic E-state index is 14.1. The first-order valence-corrected chi connectivity index (χ1v) is 13.2. The van der Waals surface area contributed by atoms with Gasteiger partial charge in [-0.05, 0) is 47.2 Å². The number of benzene rings is 6. The van der Waals surface area contributed by atoms with Crippen LogP contribution in [0, 0.1) is 0 Å². The summed E-state index contributed by atoms with van der Waals surface area (Å²) in [4.78, 5) is 38.2. The molecule has 0 amide bonds. The molecule has 4 heterocycles. The quantitative estimate of drug-likeness (QED) is 0.213. The zero-order chi connectivity index (χ0) is 26.3. The van der Waals surface area contributed by atoms with Gasteiger partial charge in [0.1, 0.15) is 11.3 Å². The molecule has 0 saturated heterocycles. The van der Waals surface area contributed by atoms with Gasteiger partial charge in [-0.1, -0.05) is 60.7 Å². The van der Waals surface area contributed by atoms with Gasteiger partial charge < -0.3 is 0 Å². The zero-order valence-electron chi connectivity index (χ0n) is 20.8. The maximum atomic E-state index is 14.1. The monoisotopic (exact) mass is 512 g/mol. The lowest BCUT2D eigenvalue weighted by Gasteiger charge is -2.12. The normalized spacial score (nSPS) is 12.7. The molecule has 0 unspecified atom stereocenters.